The molecule has 1 heterocycles. The van der Waals surface area contributed by atoms with Gasteiger partial charge in [0.05, 0.1) is 6.54 Å². The van der Waals surface area contributed by atoms with Crippen molar-refractivity contribution in [1.29, 1.82) is 0 Å². The fourth-order valence-electron chi connectivity index (χ4n) is 2.73. The van der Waals surface area contributed by atoms with Crippen LogP contribution in [0.15, 0.2) is 60.7 Å². The van der Waals surface area contributed by atoms with Gasteiger partial charge in [-0.3, -0.25) is 14.5 Å². The topological polar surface area (TPSA) is 40.6 Å². The zero-order valence-electron chi connectivity index (χ0n) is 14.7. The second kappa shape index (κ2) is 9.26. The average molecular weight is 387 g/mol. The van der Waals surface area contributed by atoms with Gasteiger partial charge in [-0.1, -0.05) is 60.7 Å². The molecule has 26 heavy (non-hydrogen) atoms. The predicted molar refractivity (Wildman–Crippen MR) is 109 cm³/mol. The van der Waals surface area contributed by atoms with Crippen LogP contribution >= 0.6 is 23.5 Å². The van der Waals surface area contributed by atoms with Crippen LogP contribution in [0, 0.1) is 0 Å². The van der Waals surface area contributed by atoms with Gasteiger partial charge in [-0.15, -0.1) is 11.8 Å². The summed E-state index contributed by atoms with van der Waals surface area (Å²) in [5.74, 6) is 0.735. The number of hydrogen-bond donors (Lipinski definition) is 0. The van der Waals surface area contributed by atoms with Crippen molar-refractivity contribution in [3.63, 3.8) is 0 Å². The summed E-state index contributed by atoms with van der Waals surface area (Å²) in [5.41, 5.74) is 2.25. The van der Waals surface area contributed by atoms with Crippen LogP contribution < -0.4 is 0 Å². The Kier molecular flexibility index (Phi) is 6.77. The number of amides is 2. The molecule has 0 bridgehead atoms. The first-order valence-electron chi connectivity index (χ1n) is 8.53. The SMILES string of the molecule is CN(CCSC1SC(=O)N(Cc2ccccc2)C1=O)Cc1ccccc1. The Labute approximate surface area is 162 Å². The van der Waals surface area contributed by atoms with Gasteiger partial charge in [0.15, 0.2) is 0 Å². The lowest BCUT2D eigenvalue weighted by atomic mass is 10.2. The molecular formula is C20H22N2O2S2. The predicted octanol–water partition coefficient (Wildman–Crippen LogP) is 4.07. The van der Waals surface area contributed by atoms with E-state index in [2.05, 4.69) is 24.1 Å². The Morgan fingerprint density at radius 1 is 1.00 bits per heavy atom. The Morgan fingerprint density at radius 2 is 1.62 bits per heavy atom. The number of rotatable bonds is 8. The maximum Gasteiger partial charge on any atom is 0.290 e. The van der Waals surface area contributed by atoms with Crippen LogP contribution in [0.3, 0.4) is 0 Å². The maximum absolute atomic E-state index is 12.5. The third-order valence-corrected chi connectivity index (χ3v) is 6.57. The molecule has 1 saturated heterocycles. The fraction of sp³-hybridized carbons (Fsp3) is 0.300. The minimum absolute atomic E-state index is 0.0837. The highest BCUT2D eigenvalue weighted by molar-refractivity contribution is 8.26. The highest BCUT2D eigenvalue weighted by atomic mass is 32.2. The van der Waals surface area contributed by atoms with E-state index in [9.17, 15) is 9.59 Å². The van der Waals surface area contributed by atoms with Crippen molar-refractivity contribution >= 4 is 34.7 Å². The van der Waals surface area contributed by atoms with E-state index < -0.39 is 0 Å². The first kappa shape index (κ1) is 19.0. The molecule has 0 aliphatic carbocycles. The maximum atomic E-state index is 12.5. The van der Waals surface area contributed by atoms with Gasteiger partial charge < -0.3 is 4.90 Å². The van der Waals surface area contributed by atoms with E-state index in [0.717, 1.165) is 36.2 Å². The minimum atomic E-state index is -0.323. The summed E-state index contributed by atoms with van der Waals surface area (Å²) in [5, 5.41) is -0.144. The quantitative estimate of drug-likeness (QED) is 0.684. The number of imide groups is 1. The number of carbonyl (C=O) groups excluding carboxylic acids is 2. The van der Waals surface area contributed by atoms with E-state index in [1.165, 1.54) is 10.5 Å². The van der Waals surface area contributed by atoms with Crippen LogP contribution in [0.25, 0.3) is 0 Å². The number of thioether (sulfide) groups is 2. The molecule has 1 aliphatic rings. The normalized spacial score (nSPS) is 17.3. The molecule has 2 amide bonds. The molecule has 0 spiro atoms. The van der Waals surface area contributed by atoms with Gasteiger partial charge in [0.25, 0.3) is 11.1 Å². The second-order valence-corrected chi connectivity index (χ2v) is 8.79. The molecule has 0 radical (unpaired) electrons. The molecule has 1 unspecified atom stereocenters. The number of carbonyl (C=O) groups is 2. The summed E-state index contributed by atoms with van der Waals surface area (Å²) in [6, 6.07) is 20.0. The van der Waals surface area contributed by atoms with Crippen molar-refractivity contribution in [1.82, 2.24) is 9.80 Å². The van der Waals surface area contributed by atoms with Crippen molar-refractivity contribution in [3.05, 3.63) is 71.8 Å². The summed E-state index contributed by atoms with van der Waals surface area (Å²) < 4.78 is -0.323. The first-order valence-corrected chi connectivity index (χ1v) is 10.5. The van der Waals surface area contributed by atoms with E-state index >= 15 is 0 Å². The first-order chi connectivity index (χ1) is 12.6. The fourth-order valence-corrected chi connectivity index (χ4v) is 5.13. The Bertz CT molecular complexity index is 740. The van der Waals surface area contributed by atoms with E-state index in [1.54, 1.807) is 11.8 Å². The monoisotopic (exact) mass is 386 g/mol. The highest BCUT2D eigenvalue weighted by Crippen LogP contribution is 2.35. The Hall–Kier alpha value is -1.76. The summed E-state index contributed by atoms with van der Waals surface area (Å²) in [4.78, 5) is 28.3. The van der Waals surface area contributed by atoms with Crippen LogP contribution in [0.4, 0.5) is 4.79 Å². The number of hydrogen-bond acceptors (Lipinski definition) is 5. The van der Waals surface area contributed by atoms with Crippen LogP contribution in [-0.4, -0.2) is 44.9 Å². The molecule has 1 fully saturated rings. The smallest absolute Gasteiger partial charge is 0.290 e. The van der Waals surface area contributed by atoms with E-state index in [0.29, 0.717) is 6.54 Å². The molecule has 3 rings (SSSR count). The van der Waals surface area contributed by atoms with Crippen molar-refractivity contribution in [2.75, 3.05) is 19.3 Å². The summed E-state index contributed by atoms with van der Waals surface area (Å²) >= 11 is 2.70. The minimum Gasteiger partial charge on any atom is -0.301 e. The average Bonchev–Trinajstić information content (AvgIpc) is 2.91. The Morgan fingerprint density at radius 3 is 2.27 bits per heavy atom. The summed E-state index contributed by atoms with van der Waals surface area (Å²) in [6.45, 7) is 2.11. The van der Waals surface area contributed by atoms with E-state index in [4.69, 9.17) is 0 Å². The lowest BCUT2D eigenvalue weighted by Gasteiger charge is -2.17. The number of nitrogens with zero attached hydrogens (tertiary/aromatic N) is 2. The van der Waals surface area contributed by atoms with Crippen molar-refractivity contribution in [2.24, 2.45) is 0 Å². The molecule has 136 valence electrons. The summed E-state index contributed by atoms with van der Waals surface area (Å²) in [6.07, 6.45) is 0. The van der Waals surface area contributed by atoms with Gasteiger partial charge in [0, 0.05) is 18.8 Å². The van der Waals surface area contributed by atoms with Crippen molar-refractivity contribution < 1.29 is 9.59 Å². The third-order valence-electron chi connectivity index (χ3n) is 4.12. The van der Waals surface area contributed by atoms with Gasteiger partial charge in [-0.05, 0) is 29.9 Å². The standard InChI is InChI=1S/C20H22N2O2S2/c1-21(14-16-8-4-2-5-9-16)12-13-25-19-18(23)22(20(24)26-19)15-17-10-6-3-7-11-17/h2-11,19H,12-15H2,1H3. The zero-order chi connectivity index (χ0) is 18.4. The molecular weight excluding hydrogens is 364 g/mol. The van der Waals surface area contributed by atoms with Crippen molar-refractivity contribution in [2.45, 2.75) is 17.7 Å². The molecule has 1 atom stereocenters. The molecule has 0 saturated carbocycles. The highest BCUT2D eigenvalue weighted by Gasteiger charge is 2.39. The molecule has 0 N–H and O–H groups in total. The van der Waals surface area contributed by atoms with Gasteiger partial charge in [0.2, 0.25) is 0 Å². The molecule has 6 heteroatoms. The summed E-state index contributed by atoms with van der Waals surface area (Å²) in [7, 11) is 2.07. The van der Waals surface area contributed by atoms with Crippen molar-refractivity contribution in [3.8, 4) is 0 Å². The van der Waals surface area contributed by atoms with E-state index in [1.807, 2.05) is 48.5 Å². The van der Waals surface area contributed by atoms with Gasteiger partial charge in [0.1, 0.15) is 4.58 Å². The van der Waals surface area contributed by atoms with Crippen LogP contribution in [0.5, 0.6) is 0 Å². The van der Waals surface area contributed by atoms with Crippen LogP contribution in [0.2, 0.25) is 0 Å². The molecule has 1 aliphatic heterocycles. The second-order valence-electron chi connectivity index (χ2n) is 6.22. The zero-order valence-corrected chi connectivity index (χ0v) is 16.3. The van der Waals surface area contributed by atoms with Crippen LogP contribution in [0.1, 0.15) is 11.1 Å². The number of benzene rings is 2. The van der Waals surface area contributed by atoms with Gasteiger partial charge in [-0.25, -0.2) is 0 Å². The molecule has 2 aromatic rings. The molecule has 4 nitrogen and oxygen atoms in total. The Balaban J connectivity index is 1.45. The molecule has 0 aromatic heterocycles. The van der Waals surface area contributed by atoms with Crippen LogP contribution in [-0.2, 0) is 17.9 Å². The van der Waals surface area contributed by atoms with Gasteiger partial charge in [-0.2, -0.15) is 0 Å². The lowest BCUT2D eigenvalue weighted by Crippen LogP contribution is -2.30. The van der Waals surface area contributed by atoms with Gasteiger partial charge >= 0.3 is 0 Å². The largest absolute Gasteiger partial charge is 0.301 e. The molecule has 2 aromatic carbocycles. The van der Waals surface area contributed by atoms with E-state index in [-0.39, 0.29) is 15.7 Å². The lowest BCUT2D eigenvalue weighted by molar-refractivity contribution is -0.125. The third kappa shape index (κ3) is 5.13.